The summed E-state index contributed by atoms with van der Waals surface area (Å²) < 4.78 is 1.15. The summed E-state index contributed by atoms with van der Waals surface area (Å²) in [4.78, 5) is 29.9. The van der Waals surface area contributed by atoms with Gasteiger partial charge in [-0.3, -0.25) is 9.59 Å². The van der Waals surface area contributed by atoms with Crippen molar-refractivity contribution in [3.63, 3.8) is 0 Å². The van der Waals surface area contributed by atoms with Crippen molar-refractivity contribution in [2.24, 2.45) is 0 Å². The van der Waals surface area contributed by atoms with Gasteiger partial charge in [0.1, 0.15) is 0 Å². The van der Waals surface area contributed by atoms with Gasteiger partial charge in [0, 0.05) is 31.8 Å². The average Bonchev–Trinajstić information content (AvgIpc) is 3.01. The molecule has 1 amide bonds. The molecule has 5 nitrogen and oxygen atoms in total. The third-order valence-corrected chi connectivity index (χ3v) is 5.63. The van der Waals surface area contributed by atoms with Crippen molar-refractivity contribution in [3.05, 3.63) is 29.3 Å². The number of carboxylic acid groups (broad SMARTS) is 1. The van der Waals surface area contributed by atoms with Gasteiger partial charge >= 0.3 is 5.97 Å². The number of hydrogen-bond acceptors (Lipinski definition) is 4. The molecule has 0 spiro atoms. The molecule has 24 heavy (non-hydrogen) atoms. The van der Waals surface area contributed by atoms with Gasteiger partial charge in [-0.05, 0) is 37.8 Å². The second-order valence-electron chi connectivity index (χ2n) is 6.24. The van der Waals surface area contributed by atoms with Crippen LogP contribution in [0, 0.1) is 0 Å². The summed E-state index contributed by atoms with van der Waals surface area (Å²) in [5.74, 6) is -0.660. The van der Waals surface area contributed by atoms with E-state index in [1.807, 2.05) is 29.2 Å². The van der Waals surface area contributed by atoms with Gasteiger partial charge in [-0.25, -0.2) is 4.98 Å². The number of aryl methyl sites for hydroxylation is 1. The number of amides is 1. The Morgan fingerprint density at radius 1 is 1.25 bits per heavy atom. The maximum Gasteiger partial charge on any atom is 0.303 e. The number of likely N-dealkylation sites (tertiary alicyclic amines) is 1. The molecule has 6 heteroatoms. The lowest BCUT2D eigenvalue weighted by atomic mass is 9.97. The van der Waals surface area contributed by atoms with Gasteiger partial charge in [-0.1, -0.05) is 12.1 Å². The summed E-state index contributed by atoms with van der Waals surface area (Å²) in [6.07, 6.45) is 4.79. The van der Waals surface area contributed by atoms with Crippen molar-refractivity contribution in [2.75, 3.05) is 6.54 Å². The molecule has 3 rings (SSSR count). The number of fused-ring (bicyclic) bond motifs is 1. The molecule has 1 aliphatic heterocycles. The molecule has 1 saturated heterocycles. The Labute approximate surface area is 145 Å². The number of aromatic nitrogens is 1. The fourth-order valence-electron chi connectivity index (χ4n) is 3.30. The van der Waals surface area contributed by atoms with Gasteiger partial charge in [0.05, 0.1) is 15.2 Å². The molecule has 1 aromatic carbocycles. The molecule has 1 atom stereocenters. The van der Waals surface area contributed by atoms with E-state index >= 15 is 0 Å². The number of carbonyl (C=O) groups is 2. The Bertz CT molecular complexity index is 695. The SMILES string of the molecule is O=C(O)CC[C@H]1CCCCN1C(=O)CCc1nc2ccccc2s1. The molecule has 0 unspecified atom stereocenters. The molecule has 0 saturated carbocycles. The van der Waals surface area contributed by atoms with Crippen LogP contribution in [0.1, 0.15) is 43.5 Å². The highest BCUT2D eigenvalue weighted by Crippen LogP contribution is 2.25. The highest BCUT2D eigenvalue weighted by molar-refractivity contribution is 7.18. The summed E-state index contributed by atoms with van der Waals surface area (Å²) in [5.41, 5.74) is 0.988. The minimum atomic E-state index is -0.789. The number of carboxylic acids is 1. The first-order valence-electron chi connectivity index (χ1n) is 8.49. The topological polar surface area (TPSA) is 70.5 Å². The minimum Gasteiger partial charge on any atom is -0.481 e. The number of hydrogen-bond donors (Lipinski definition) is 1. The van der Waals surface area contributed by atoms with Gasteiger partial charge in [0.15, 0.2) is 0 Å². The first kappa shape index (κ1) is 16.9. The fraction of sp³-hybridized carbons (Fsp3) is 0.500. The number of piperidine rings is 1. The van der Waals surface area contributed by atoms with Gasteiger partial charge in [0.2, 0.25) is 5.91 Å². The largest absolute Gasteiger partial charge is 0.481 e. The monoisotopic (exact) mass is 346 g/mol. The predicted molar refractivity (Wildman–Crippen MR) is 94.2 cm³/mol. The Morgan fingerprint density at radius 3 is 2.88 bits per heavy atom. The van der Waals surface area contributed by atoms with Gasteiger partial charge < -0.3 is 10.0 Å². The van der Waals surface area contributed by atoms with Crippen LogP contribution in [0.15, 0.2) is 24.3 Å². The molecule has 2 aromatic rings. The minimum absolute atomic E-state index is 0.0812. The van der Waals surface area contributed by atoms with Crippen molar-refractivity contribution in [3.8, 4) is 0 Å². The summed E-state index contributed by atoms with van der Waals surface area (Å²) in [6.45, 7) is 0.753. The van der Waals surface area contributed by atoms with Crippen LogP contribution in [0.25, 0.3) is 10.2 Å². The van der Waals surface area contributed by atoms with Gasteiger partial charge in [-0.15, -0.1) is 11.3 Å². The number of benzene rings is 1. The lowest BCUT2D eigenvalue weighted by Gasteiger charge is -2.35. The molecule has 0 radical (unpaired) electrons. The van der Waals surface area contributed by atoms with Gasteiger partial charge in [-0.2, -0.15) is 0 Å². The molecular weight excluding hydrogens is 324 g/mol. The van der Waals surface area contributed by atoms with Crippen molar-refractivity contribution in [2.45, 2.75) is 51.0 Å². The number of nitrogens with zero attached hydrogens (tertiary/aromatic N) is 2. The number of aliphatic carboxylic acids is 1. The quantitative estimate of drug-likeness (QED) is 0.869. The number of carbonyl (C=O) groups excluding carboxylic acids is 1. The molecule has 1 aliphatic rings. The lowest BCUT2D eigenvalue weighted by Crippen LogP contribution is -2.44. The van der Waals surface area contributed by atoms with E-state index in [1.54, 1.807) is 11.3 Å². The van der Waals surface area contributed by atoms with E-state index in [0.717, 1.165) is 41.0 Å². The van der Waals surface area contributed by atoms with E-state index < -0.39 is 5.97 Å². The number of rotatable bonds is 6. The Morgan fingerprint density at radius 2 is 2.08 bits per heavy atom. The van der Waals surface area contributed by atoms with Crippen molar-refractivity contribution in [1.82, 2.24) is 9.88 Å². The standard InChI is InChI=1S/C18H22N2O3S/c21-17(20-12-4-3-5-13(20)8-11-18(22)23)10-9-16-19-14-6-1-2-7-15(14)24-16/h1-2,6-7,13H,3-5,8-12H2,(H,22,23)/t13-/m1/s1. The van der Waals surface area contributed by atoms with Crippen molar-refractivity contribution < 1.29 is 14.7 Å². The third kappa shape index (κ3) is 4.12. The normalized spacial score (nSPS) is 18.0. The second-order valence-corrected chi connectivity index (χ2v) is 7.36. The number of thiazole rings is 1. The molecule has 0 aliphatic carbocycles. The maximum absolute atomic E-state index is 12.6. The van der Waals surface area contributed by atoms with E-state index in [-0.39, 0.29) is 18.4 Å². The smallest absolute Gasteiger partial charge is 0.303 e. The van der Waals surface area contributed by atoms with Crippen LogP contribution in [-0.2, 0) is 16.0 Å². The summed E-state index contributed by atoms with van der Waals surface area (Å²) in [7, 11) is 0. The summed E-state index contributed by atoms with van der Waals surface area (Å²) in [5, 5.41) is 9.87. The first-order valence-corrected chi connectivity index (χ1v) is 9.31. The highest BCUT2D eigenvalue weighted by atomic mass is 32.1. The van der Waals surface area contributed by atoms with E-state index in [1.165, 1.54) is 0 Å². The molecule has 0 bridgehead atoms. The average molecular weight is 346 g/mol. The molecular formula is C18H22N2O3S. The lowest BCUT2D eigenvalue weighted by molar-refractivity contribution is -0.140. The molecule has 2 heterocycles. The Balaban J connectivity index is 1.58. The Kier molecular flexibility index (Phi) is 5.45. The molecule has 128 valence electrons. The van der Waals surface area contributed by atoms with E-state index in [2.05, 4.69) is 4.98 Å². The zero-order chi connectivity index (χ0) is 16.9. The summed E-state index contributed by atoms with van der Waals surface area (Å²) >= 11 is 1.64. The molecule has 1 N–H and O–H groups in total. The first-order chi connectivity index (χ1) is 11.6. The zero-order valence-electron chi connectivity index (χ0n) is 13.6. The van der Waals surface area contributed by atoms with Crippen LogP contribution < -0.4 is 0 Å². The maximum atomic E-state index is 12.6. The fourth-order valence-corrected chi connectivity index (χ4v) is 4.27. The highest BCUT2D eigenvalue weighted by Gasteiger charge is 2.26. The second kappa shape index (κ2) is 7.75. The third-order valence-electron chi connectivity index (χ3n) is 4.53. The zero-order valence-corrected chi connectivity index (χ0v) is 14.4. The van der Waals surface area contributed by atoms with E-state index in [9.17, 15) is 9.59 Å². The predicted octanol–water partition coefficient (Wildman–Crippen LogP) is 3.47. The van der Waals surface area contributed by atoms with Gasteiger partial charge in [0.25, 0.3) is 0 Å². The Hall–Kier alpha value is -1.95. The van der Waals surface area contributed by atoms with Crippen LogP contribution in [-0.4, -0.2) is 39.5 Å². The van der Waals surface area contributed by atoms with E-state index in [0.29, 0.717) is 19.3 Å². The summed E-state index contributed by atoms with van der Waals surface area (Å²) in [6, 6.07) is 8.08. The van der Waals surface area contributed by atoms with Crippen molar-refractivity contribution in [1.29, 1.82) is 0 Å². The molecule has 1 fully saturated rings. The van der Waals surface area contributed by atoms with Crippen LogP contribution in [0.3, 0.4) is 0 Å². The van der Waals surface area contributed by atoms with Crippen LogP contribution in [0.2, 0.25) is 0 Å². The van der Waals surface area contributed by atoms with Crippen LogP contribution in [0.4, 0.5) is 0 Å². The van der Waals surface area contributed by atoms with Crippen LogP contribution >= 0.6 is 11.3 Å². The molecule has 1 aromatic heterocycles. The van der Waals surface area contributed by atoms with Crippen LogP contribution in [0.5, 0.6) is 0 Å². The van der Waals surface area contributed by atoms with Crippen molar-refractivity contribution >= 4 is 33.4 Å². The number of para-hydroxylation sites is 1. The van der Waals surface area contributed by atoms with E-state index in [4.69, 9.17) is 5.11 Å².